The van der Waals surface area contributed by atoms with Gasteiger partial charge in [-0.2, -0.15) is 0 Å². The van der Waals surface area contributed by atoms with Gasteiger partial charge < -0.3 is 15.5 Å². The molecule has 1 amide bonds. The van der Waals surface area contributed by atoms with E-state index in [1.165, 1.54) is 5.56 Å². The molecule has 19 heavy (non-hydrogen) atoms. The third-order valence-electron chi connectivity index (χ3n) is 4.34. The summed E-state index contributed by atoms with van der Waals surface area (Å²) in [7, 11) is 0. The van der Waals surface area contributed by atoms with Crippen LogP contribution >= 0.6 is 0 Å². The molecule has 0 bridgehead atoms. The molecule has 3 rings (SSSR count). The second kappa shape index (κ2) is 4.76. The van der Waals surface area contributed by atoms with Gasteiger partial charge in [0.05, 0.1) is 0 Å². The summed E-state index contributed by atoms with van der Waals surface area (Å²) in [6.07, 6.45) is 3.23. The summed E-state index contributed by atoms with van der Waals surface area (Å²) in [5.74, 6) is 0.257. The number of rotatable bonds is 2. The molecule has 2 aliphatic rings. The fourth-order valence-electron chi connectivity index (χ4n) is 3.22. The van der Waals surface area contributed by atoms with Crippen molar-refractivity contribution in [3.05, 3.63) is 23.8 Å². The van der Waals surface area contributed by atoms with Crippen molar-refractivity contribution in [1.29, 1.82) is 0 Å². The summed E-state index contributed by atoms with van der Waals surface area (Å²) in [4.78, 5) is 16.7. The van der Waals surface area contributed by atoms with E-state index in [9.17, 15) is 4.79 Å². The summed E-state index contributed by atoms with van der Waals surface area (Å²) in [5.41, 5.74) is 9.20. The molecule has 2 N–H and O–H groups in total. The molecule has 0 saturated carbocycles. The molecule has 1 saturated heterocycles. The smallest absolute Gasteiger partial charge is 0.244 e. The van der Waals surface area contributed by atoms with Gasteiger partial charge in [0.2, 0.25) is 5.91 Å². The highest BCUT2D eigenvalue weighted by molar-refractivity contribution is 5.86. The van der Waals surface area contributed by atoms with Gasteiger partial charge in [-0.15, -0.1) is 0 Å². The molecule has 0 aromatic heterocycles. The van der Waals surface area contributed by atoms with Gasteiger partial charge in [-0.3, -0.25) is 4.79 Å². The second-order valence-corrected chi connectivity index (χ2v) is 5.50. The Morgan fingerprint density at radius 2 is 2.00 bits per heavy atom. The predicted octanol–water partition coefficient (Wildman–Crippen LogP) is 1.64. The molecule has 1 atom stereocenters. The molecule has 1 unspecified atom stereocenters. The number of carbonyl (C=O) groups excluding carboxylic acids is 1. The van der Waals surface area contributed by atoms with Crippen LogP contribution in [-0.2, 0) is 11.2 Å². The predicted molar refractivity (Wildman–Crippen MR) is 77.2 cm³/mol. The normalized spacial score (nSPS) is 19.6. The molecular weight excluding hydrogens is 238 g/mol. The highest BCUT2D eigenvalue weighted by Crippen LogP contribution is 2.33. The topological polar surface area (TPSA) is 49.6 Å². The number of nitrogen functional groups attached to an aromatic ring is 1. The first-order chi connectivity index (χ1) is 9.18. The van der Waals surface area contributed by atoms with E-state index in [0.717, 1.165) is 50.3 Å². The third-order valence-corrected chi connectivity index (χ3v) is 4.34. The molecule has 2 heterocycles. The van der Waals surface area contributed by atoms with Crippen molar-refractivity contribution in [1.82, 2.24) is 4.90 Å². The summed E-state index contributed by atoms with van der Waals surface area (Å²) >= 11 is 0. The maximum absolute atomic E-state index is 12.5. The minimum Gasteiger partial charge on any atom is -0.398 e. The maximum atomic E-state index is 12.5. The van der Waals surface area contributed by atoms with Crippen LogP contribution < -0.4 is 10.6 Å². The molecule has 0 spiro atoms. The number of fused-ring (bicyclic) bond motifs is 1. The molecule has 4 heteroatoms. The standard InChI is InChI=1S/C15H21N3O/c1-11(15(19)17-8-2-3-9-17)18-10-7-12-13(16)5-4-6-14(12)18/h4-6,11H,2-3,7-10,16H2,1H3. The molecule has 102 valence electrons. The Kier molecular flexibility index (Phi) is 3.09. The van der Waals surface area contributed by atoms with Gasteiger partial charge in [0, 0.05) is 36.6 Å². The number of anilines is 2. The van der Waals surface area contributed by atoms with E-state index in [1.807, 2.05) is 24.0 Å². The zero-order chi connectivity index (χ0) is 13.4. The lowest BCUT2D eigenvalue weighted by Gasteiger charge is -2.29. The number of hydrogen-bond acceptors (Lipinski definition) is 3. The van der Waals surface area contributed by atoms with Gasteiger partial charge in [0.15, 0.2) is 0 Å². The summed E-state index contributed by atoms with van der Waals surface area (Å²) in [6, 6.07) is 5.91. The van der Waals surface area contributed by atoms with E-state index in [2.05, 4.69) is 11.0 Å². The van der Waals surface area contributed by atoms with E-state index < -0.39 is 0 Å². The lowest BCUT2D eigenvalue weighted by molar-refractivity contribution is -0.131. The van der Waals surface area contributed by atoms with Crippen LogP contribution in [0.2, 0.25) is 0 Å². The molecular formula is C15H21N3O. The highest BCUT2D eigenvalue weighted by atomic mass is 16.2. The van der Waals surface area contributed by atoms with Crippen molar-refractivity contribution in [3.8, 4) is 0 Å². The van der Waals surface area contributed by atoms with E-state index in [1.54, 1.807) is 0 Å². The van der Waals surface area contributed by atoms with Crippen LogP contribution in [0, 0.1) is 0 Å². The Morgan fingerprint density at radius 1 is 1.26 bits per heavy atom. The van der Waals surface area contributed by atoms with Crippen LogP contribution in [0.5, 0.6) is 0 Å². The zero-order valence-corrected chi connectivity index (χ0v) is 11.4. The Labute approximate surface area is 114 Å². The molecule has 2 aliphatic heterocycles. The van der Waals surface area contributed by atoms with Crippen molar-refractivity contribution in [3.63, 3.8) is 0 Å². The fourth-order valence-corrected chi connectivity index (χ4v) is 3.22. The largest absolute Gasteiger partial charge is 0.398 e. The maximum Gasteiger partial charge on any atom is 0.244 e. The number of hydrogen-bond donors (Lipinski definition) is 1. The van der Waals surface area contributed by atoms with Gasteiger partial charge in [-0.1, -0.05) is 6.07 Å². The average molecular weight is 259 g/mol. The van der Waals surface area contributed by atoms with Crippen LogP contribution in [0.1, 0.15) is 25.3 Å². The monoisotopic (exact) mass is 259 g/mol. The van der Waals surface area contributed by atoms with Gasteiger partial charge in [0.1, 0.15) is 6.04 Å². The molecule has 1 aromatic carbocycles. The van der Waals surface area contributed by atoms with E-state index in [4.69, 9.17) is 5.73 Å². The van der Waals surface area contributed by atoms with E-state index >= 15 is 0 Å². The highest BCUT2D eigenvalue weighted by Gasteiger charge is 2.31. The molecule has 4 nitrogen and oxygen atoms in total. The van der Waals surface area contributed by atoms with Crippen LogP contribution in [0.3, 0.4) is 0 Å². The molecule has 1 fully saturated rings. The zero-order valence-electron chi connectivity index (χ0n) is 11.4. The SMILES string of the molecule is CC(C(=O)N1CCCC1)N1CCc2c(N)cccc21. The Morgan fingerprint density at radius 3 is 2.74 bits per heavy atom. The summed E-state index contributed by atoms with van der Waals surface area (Å²) in [5, 5.41) is 0. The fraction of sp³-hybridized carbons (Fsp3) is 0.533. The summed E-state index contributed by atoms with van der Waals surface area (Å²) < 4.78 is 0. The minimum atomic E-state index is -0.0823. The lowest BCUT2D eigenvalue weighted by atomic mass is 10.1. The minimum absolute atomic E-state index is 0.0823. The van der Waals surface area contributed by atoms with Gasteiger partial charge >= 0.3 is 0 Å². The number of likely N-dealkylation sites (tertiary alicyclic amines) is 1. The number of amides is 1. The number of benzene rings is 1. The van der Waals surface area contributed by atoms with Crippen LogP contribution in [0.25, 0.3) is 0 Å². The quantitative estimate of drug-likeness (QED) is 0.821. The van der Waals surface area contributed by atoms with Crippen molar-refractivity contribution in [2.75, 3.05) is 30.3 Å². The van der Waals surface area contributed by atoms with Gasteiger partial charge in [-0.05, 0) is 38.3 Å². The Balaban J connectivity index is 1.81. The lowest BCUT2D eigenvalue weighted by Crippen LogP contribution is -2.45. The first-order valence-electron chi connectivity index (χ1n) is 7.11. The van der Waals surface area contributed by atoms with Gasteiger partial charge in [0.25, 0.3) is 0 Å². The number of carbonyl (C=O) groups is 1. The Hall–Kier alpha value is -1.71. The Bertz CT molecular complexity index is 494. The molecule has 1 aromatic rings. The van der Waals surface area contributed by atoms with Crippen molar-refractivity contribution >= 4 is 17.3 Å². The third kappa shape index (κ3) is 2.05. The van der Waals surface area contributed by atoms with Crippen LogP contribution in [0.4, 0.5) is 11.4 Å². The number of nitrogens with two attached hydrogens (primary N) is 1. The van der Waals surface area contributed by atoms with E-state index in [-0.39, 0.29) is 11.9 Å². The van der Waals surface area contributed by atoms with Crippen molar-refractivity contribution in [2.45, 2.75) is 32.2 Å². The molecule has 0 radical (unpaired) electrons. The van der Waals surface area contributed by atoms with Gasteiger partial charge in [-0.25, -0.2) is 0 Å². The first kappa shape index (κ1) is 12.3. The van der Waals surface area contributed by atoms with Crippen molar-refractivity contribution in [2.24, 2.45) is 0 Å². The summed E-state index contributed by atoms with van der Waals surface area (Å²) in [6.45, 7) is 4.74. The first-order valence-corrected chi connectivity index (χ1v) is 7.11. The number of nitrogens with zero attached hydrogens (tertiary/aromatic N) is 2. The van der Waals surface area contributed by atoms with Crippen LogP contribution in [0.15, 0.2) is 18.2 Å². The average Bonchev–Trinajstić information content (AvgIpc) is 3.07. The van der Waals surface area contributed by atoms with Crippen LogP contribution in [-0.4, -0.2) is 36.5 Å². The van der Waals surface area contributed by atoms with Crippen molar-refractivity contribution < 1.29 is 4.79 Å². The second-order valence-electron chi connectivity index (χ2n) is 5.50. The molecule has 0 aliphatic carbocycles. The van der Waals surface area contributed by atoms with E-state index in [0.29, 0.717) is 0 Å².